The van der Waals surface area contributed by atoms with Crippen LogP contribution in [0.4, 0.5) is 0 Å². The molecule has 1 rings (SSSR count). The zero-order valence-electron chi connectivity index (χ0n) is 14.9. The molecule has 0 aliphatic carbocycles. The summed E-state index contributed by atoms with van der Waals surface area (Å²) in [6.07, 6.45) is 1.28. The van der Waals surface area contributed by atoms with Crippen LogP contribution >= 0.6 is 23.5 Å². The summed E-state index contributed by atoms with van der Waals surface area (Å²) in [6.45, 7) is 11.3. The molecule has 1 saturated heterocycles. The van der Waals surface area contributed by atoms with E-state index in [1.165, 1.54) is 70.3 Å². The largest absolute Gasteiger partial charge is 0.330 e. The van der Waals surface area contributed by atoms with Gasteiger partial charge in [-0.3, -0.25) is 0 Å². The molecular formula is C16H37N5S2. The highest BCUT2D eigenvalue weighted by Crippen LogP contribution is 2.06. The Morgan fingerprint density at radius 2 is 1.39 bits per heavy atom. The van der Waals surface area contributed by atoms with Crippen molar-refractivity contribution in [3.05, 3.63) is 0 Å². The van der Waals surface area contributed by atoms with E-state index in [2.05, 4.69) is 21.7 Å². The van der Waals surface area contributed by atoms with Gasteiger partial charge in [0, 0.05) is 75.4 Å². The first-order valence-corrected chi connectivity index (χ1v) is 11.3. The molecule has 1 fully saturated rings. The first kappa shape index (κ1) is 21.5. The van der Waals surface area contributed by atoms with Gasteiger partial charge in [-0.2, -0.15) is 23.5 Å². The fraction of sp³-hybridized carbons (Fsp3) is 1.00. The molecule has 0 unspecified atom stereocenters. The molecule has 0 atom stereocenters. The summed E-state index contributed by atoms with van der Waals surface area (Å²) in [4.78, 5) is 7.67. The van der Waals surface area contributed by atoms with Crippen LogP contribution in [0.25, 0.3) is 0 Å². The van der Waals surface area contributed by atoms with Gasteiger partial charge in [0.05, 0.1) is 0 Å². The van der Waals surface area contributed by atoms with Crippen LogP contribution in [0, 0.1) is 0 Å². The average molecular weight is 364 g/mol. The summed E-state index contributed by atoms with van der Waals surface area (Å²) in [7, 11) is 2.22. The molecule has 0 radical (unpaired) electrons. The van der Waals surface area contributed by atoms with E-state index in [4.69, 9.17) is 11.5 Å². The van der Waals surface area contributed by atoms with Crippen molar-refractivity contribution in [1.82, 2.24) is 14.7 Å². The minimum Gasteiger partial charge on any atom is -0.330 e. The molecular weight excluding hydrogens is 326 g/mol. The van der Waals surface area contributed by atoms with Crippen LogP contribution < -0.4 is 11.5 Å². The van der Waals surface area contributed by atoms with E-state index in [0.717, 1.165) is 24.6 Å². The topological polar surface area (TPSA) is 61.8 Å². The molecule has 1 aliphatic rings. The van der Waals surface area contributed by atoms with Gasteiger partial charge in [0.2, 0.25) is 0 Å². The van der Waals surface area contributed by atoms with Crippen LogP contribution in [0.2, 0.25) is 0 Å². The minimum absolute atomic E-state index is 0.792. The van der Waals surface area contributed by atoms with Crippen LogP contribution in [0.1, 0.15) is 6.42 Å². The first-order valence-electron chi connectivity index (χ1n) is 8.95. The van der Waals surface area contributed by atoms with Crippen molar-refractivity contribution in [2.24, 2.45) is 11.5 Å². The van der Waals surface area contributed by atoms with Crippen molar-refractivity contribution in [3.8, 4) is 0 Å². The van der Waals surface area contributed by atoms with Gasteiger partial charge < -0.3 is 26.2 Å². The number of hydrogen-bond acceptors (Lipinski definition) is 7. The normalized spacial score (nSPS) is 17.2. The zero-order chi connectivity index (χ0) is 16.8. The smallest absolute Gasteiger partial charge is 0.0110 e. The van der Waals surface area contributed by atoms with Gasteiger partial charge in [-0.15, -0.1) is 0 Å². The minimum atomic E-state index is 0.792. The standard InChI is InChI=1S/C16H37N5S2/c1-19-7-9-20(10-8-19)5-2-6-21(11-15-22-13-3-17)12-16-23-14-4-18/h2-18H2,1H3. The second kappa shape index (κ2) is 14.8. The van der Waals surface area contributed by atoms with E-state index in [1.54, 1.807) is 0 Å². The number of likely N-dealkylation sites (N-methyl/N-ethyl adjacent to an activating group) is 1. The lowest BCUT2D eigenvalue weighted by Crippen LogP contribution is -2.45. The second-order valence-corrected chi connectivity index (χ2v) is 8.59. The lowest BCUT2D eigenvalue weighted by Gasteiger charge is -2.33. The summed E-state index contributed by atoms with van der Waals surface area (Å²) >= 11 is 3.96. The molecule has 138 valence electrons. The van der Waals surface area contributed by atoms with Crippen LogP contribution in [-0.2, 0) is 0 Å². The SMILES string of the molecule is CN1CCN(CCCN(CCSCCN)CCSCCN)CC1. The number of nitrogens with zero attached hydrogens (tertiary/aromatic N) is 3. The second-order valence-electron chi connectivity index (χ2n) is 6.14. The molecule has 0 aromatic carbocycles. The maximum absolute atomic E-state index is 5.57. The third-order valence-electron chi connectivity index (χ3n) is 4.17. The van der Waals surface area contributed by atoms with Gasteiger partial charge in [0.1, 0.15) is 0 Å². The summed E-state index contributed by atoms with van der Waals surface area (Å²) in [5.74, 6) is 4.56. The lowest BCUT2D eigenvalue weighted by molar-refractivity contribution is 0.147. The van der Waals surface area contributed by atoms with Crippen molar-refractivity contribution in [1.29, 1.82) is 0 Å². The summed E-state index contributed by atoms with van der Waals surface area (Å²) in [5.41, 5.74) is 11.1. The summed E-state index contributed by atoms with van der Waals surface area (Å²) in [6, 6.07) is 0. The first-order chi connectivity index (χ1) is 11.3. The number of hydrogen-bond donors (Lipinski definition) is 2. The highest BCUT2D eigenvalue weighted by molar-refractivity contribution is 7.99. The number of rotatable bonds is 14. The lowest BCUT2D eigenvalue weighted by atomic mass is 10.3. The van der Waals surface area contributed by atoms with E-state index in [-0.39, 0.29) is 0 Å². The van der Waals surface area contributed by atoms with E-state index < -0.39 is 0 Å². The van der Waals surface area contributed by atoms with E-state index in [1.807, 2.05) is 23.5 Å². The molecule has 23 heavy (non-hydrogen) atoms. The van der Waals surface area contributed by atoms with Gasteiger partial charge in [0.15, 0.2) is 0 Å². The Balaban J connectivity index is 2.15. The molecule has 1 heterocycles. The third kappa shape index (κ3) is 11.6. The zero-order valence-corrected chi connectivity index (χ0v) is 16.6. The number of piperazine rings is 1. The molecule has 0 bridgehead atoms. The Kier molecular flexibility index (Phi) is 13.9. The number of thioether (sulfide) groups is 2. The van der Waals surface area contributed by atoms with Crippen molar-refractivity contribution >= 4 is 23.5 Å². The van der Waals surface area contributed by atoms with Gasteiger partial charge in [-0.25, -0.2) is 0 Å². The Bertz CT molecular complexity index is 251. The Morgan fingerprint density at radius 3 is 1.91 bits per heavy atom. The highest BCUT2D eigenvalue weighted by Gasteiger charge is 2.13. The van der Waals surface area contributed by atoms with Crippen LogP contribution in [0.5, 0.6) is 0 Å². The van der Waals surface area contributed by atoms with E-state index >= 15 is 0 Å². The van der Waals surface area contributed by atoms with Gasteiger partial charge in [-0.1, -0.05) is 0 Å². The van der Waals surface area contributed by atoms with Crippen molar-refractivity contribution in [3.63, 3.8) is 0 Å². The fourth-order valence-corrected chi connectivity index (χ4v) is 4.20. The maximum Gasteiger partial charge on any atom is 0.0110 e. The van der Waals surface area contributed by atoms with Gasteiger partial charge in [-0.05, 0) is 26.6 Å². The van der Waals surface area contributed by atoms with E-state index in [9.17, 15) is 0 Å². The Morgan fingerprint density at radius 1 is 0.826 bits per heavy atom. The molecule has 0 saturated carbocycles. The summed E-state index contributed by atoms with van der Waals surface area (Å²) < 4.78 is 0. The Hall–Kier alpha value is 0.500. The molecule has 0 spiro atoms. The predicted octanol–water partition coefficient (Wildman–Crippen LogP) is 0.310. The molecule has 5 nitrogen and oxygen atoms in total. The summed E-state index contributed by atoms with van der Waals surface area (Å²) in [5, 5.41) is 0. The maximum atomic E-state index is 5.57. The van der Waals surface area contributed by atoms with E-state index in [0.29, 0.717) is 0 Å². The van der Waals surface area contributed by atoms with Crippen LogP contribution in [-0.4, -0.2) is 110 Å². The van der Waals surface area contributed by atoms with Crippen LogP contribution in [0.15, 0.2) is 0 Å². The van der Waals surface area contributed by atoms with Gasteiger partial charge >= 0.3 is 0 Å². The monoisotopic (exact) mass is 363 g/mol. The predicted molar refractivity (Wildman–Crippen MR) is 108 cm³/mol. The quantitative estimate of drug-likeness (QED) is 0.431. The fourth-order valence-electron chi connectivity index (χ4n) is 2.68. The highest BCUT2D eigenvalue weighted by atomic mass is 32.2. The van der Waals surface area contributed by atoms with Crippen molar-refractivity contribution < 1.29 is 0 Å². The molecule has 0 amide bonds. The number of nitrogens with two attached hydrogens (primary N) is 2. The molecule has 1 aliphatic heterocycles. The average Bonchev–Trinajstić information content (AvgIpc) is 2.56. The third-order valence-corrected chi connectivity index (χ3v) is 6.16. The molecule has 0 aromatic rings. The Labute approximate surface area is 151 Å². The van der Waals surface area contributed by atoms with Crippen molar-refractivity contribution in [2.45, 2.75) is 6.42 Å². The molecule has 4 N–H and O–H groups in total. The molecule has 0 aromatic heterocycles. The van der Waals surface area contributed by atoms with Gasteiger partial charge in [0.25, 0.3) is 0 Å². The van der Waals surface area contributed by atoms with Crippen LogP contribution in [0.3, 0.4) is 0 Å². The van der Waals surface area contributed by atoms with Crippen molar-refractivity contribution in [2.75, 3.05) is 95.5 Å². The molecule has 7 heteroatoms.